The molecule has 2 rings (SSSR count). The van der Waals surface area contributed by atoms with Crippen LogP contribution in [0.25, 0.3) is 0 Å². The molecule has 0 bridgehead atoms. The molecule has 0 heterocycles. The fourth-order valence-electron chi connectivity index (χ4n) is 3.18. The molecule has 0 radical (unpaired) electrons. The quantitative estimate of drug-likeness (QED) is 0.531. The maximum absolute atomic E-state index is 6.09. The van der Waals surface area contributed by atoms with E-state index in [2.05, 4.69) is 49.1 Å². The van der Waals surface area contributed by atoms with Gasteiger partial charge in [-0.1, -0.05) is 61.9 Å². The number of hydrogen-bond donors (Lipinski definition) is 0. The molecule has 25 heavy (non-hydrogen) atoms. The van der Waals surface area contributed by atoms with Gasteiger partial charge in [0.2, 0.25) is 0 Å². The molecule has 0 amide bonds. The molecule has 3 nitrogen and oxygen atoms in total. The number of benzene rings is 1. The molecule has 138 valence electrons. The molecule has 1 aromatic rings. The first-order valence-electron chi connectivity index (χ1n) is 9.55. The maximum atomic E-state index is 6.09. The summed E-state index contributed by atoms with van der Waals surface area (Å²) in [6.45, 7) is 8.56. The lowest BCUT2D eigenvalue weighted by molar-refractivity contribution is -0.193. The van der Waals surface area contributed by atoms with E-state index in [4.69, 9.17) is 9.47 Å². The summed E-state index contributed by atoms with van der Waals surface area (Å²) in [5.74, 6) is -0.633. The van der Waals surface area contributed by atoms with Crippen LogP contribution in [0.15, 0.2) is 54.1 Å². The van der Waals surface area contributed by atoms with Gasteiger partial charge >= 0.3 is 0 Å². The minimum atomic E-state index is -0.633. The predicted octanol–water partition coefficient (Wildman–Crippen LogP) is 4.94. The first-order chi connectivity index (χ1) is 12.2. The monoisotopic (exact) mass is 343 g/mol. The van der Waals surface area contributed by atoms with Crippen molar-refractivity contribution < 1.29 is 9.47 Å². The summed E-state index contributed by atoms with van der Waals surface area (Å²) in [6.07, 6.45) is 10.8. The van der Waals surface area contributed by atoms with Crippen LogP contribution in [0.5, 0.6) is 0 Å². The van der Waals surface area contributed by atoms with Crippen LogP contribution in [-0.2, 0) is 16.1 Å². The third-order valence-corrected chi connectivity index (χ3v) is 4.67. The van der Waals surface area contributed by atoms with Gasteiger partial charge in [-0.25, -0.2) is 0 Å². The zero-order chi connectivity index (χ0) is 18.0. The highest BCUT2D eigenvalue weighted by Crippen LogP contribution is 2.28. The highest BCUT2D eigenvalue weighted by atomic mass is 16.7. The lowest BCUT2D eigenvalue weighted by atomic mass is 9.99. The second kappa shape index (κ2) is 10.5. The number of nitrogens with zero attached hydrogens (tertiary/aromatic N) is 1. The van der Waals surface area contributed by atoms with Crippen LogP contribution in [0.4, 0.5) is 0 Å². The molecule has 0 spiro atoms. The van der Waals surface area contributed by atoms with E-state index >= 15 is 0 Å². The standard InChI is InChI=1S/C22H33NO2/c1-4-16-23(17-5-2)18-13-20-11-14-22(24-3,15-12-20)25-19-21-9-7-6-8-10-21/h6-12,14H,4-5,13,15-19H2,1-3H3. The molecule has 1 unspecified atom stereocenters. The normalized spacial score (nSPS) is 20.1. The number of allylic oxidation sites excluding steroid dienone is 1. The van der Waals surface area contributed by atoms with Crippen LogP contribution < -0.4 is 0 Å². The second-order valence-corrected chi connectivity index (χ2v) is 6.70. The molecule has 1 atom stereocenters. The molecule has 3 heteroatoms. The summed E-state index contributed by atoms with van der Waals surface area (Å²) in [4.78, 5) is 2.55. The Kier molecular flexibility index (Phi) is 8.39. The van der Waals surface area contributed by atoms with Gasteiger partial charge in [-0.2, -0.15) is 0 Å². The van der Waals surface area contributed by atoms with Crippen LogP contribution in [-0.4, -0.2) is 37.4 Å². The Bertz CT molecular complexity index is 546. The lowest BCUT2D eigenvalue weighted by Gasteiger charge is -2.31. The summed E-state index contributed by atoms with van der Waals surface area (Å²) in [5, 5.41) is 0. The first-order valence-corrected chi connectivity index (χ1v) is 9.55. The second-order valence-electron chi connectivity index (χ2n) is 6.70. The van der Waals surface area contributed by atoms with E-state index in [1.54, 1.807) is 7.11 Å². The molecule has 1 aliphatic rings. The smallest absolute Gasteiger partial charge is 0.191 e. The Morgan fingerprint density at radius 2 is 1.76 bits per heavy atom. The molecule has 1 aliphatic carbocycles. The zero-order valence-electron chi connectivity index (χ0n) is 16.0. The maximum Gasteiger partial charge on any atom is 0.191 e. The van der Waals surface area contributed by atoms with Gasteiger partial charge in [-0.3, -0.25) is 0 Å². The molecular formula is C22H33NO2. The van der Waals surface area contributed by atoms with E-state index in [-0.39, 0.29) is 0 Å². The van der Waals surface area contributed by atoms with Crippen molar-refractivity contribution in [2.75, 3.05) is 26.7 Å². The van der Waals surface area contributed by atoms with E-state index < -0.39 is 5.79 Å². The largest absolute Gasteiger partial charge is 0.349 e. The van der Waals surface area contributed by atoms with Crippen molar-refractivity contribution in [1.82, 2.24) is 4.90 Å². The number of hydrogen-bond acceptors (Lipinski definition) is 3. The number of methoxy groups -OCH3 is 1. The summed E-state index contributed by atoms with van der Waals surface area (Å²) in [5.41, 5.74) is 2.55. The summed E-state index contributed by atoms with van der Waals surface area (Å²) >= 11 is 0. The van der Waals surface area contributed by atoms with Crippen LogP contribution >= 0.6 is 0 Å². The van der Waals surface area contributed by atoms with Crippen molar-refractivity contribution in [3.63, 3.8) is 0 Å². The van der Waals surface area contributed by atoms with E-state index in [0.29, 0.717) is 6.61 Å². The van der Waals surface area contributed by atoms with Gasteiger partial charge in [0.05, 0.1) is 6.61 Å². The van der Waals surface area contributed by atoms with Crippen molar-refractivity contribution in [1.29, 1.82) is 0 Å². The third kappa shape index (κ3) is 6.43. The molecular weight excluding hydrogens is 310 g/mol. The van der Waals surface area contributed by atoms with Gasteiger partial charge in [0.1, 0.15) is 0 Å². The molecule has 0 aromatic heterocycles. The van der Waals surface area contributed by atoms with Gasteiger partial charge in [-0.05, 0) is 44.0 Å². The van der Waals surface area contributed by atoms with E-state index in [9.17, 15) is 0 Å². The van der Waals surface area contributed by atoms with Crippen molar-refractivity contribution in [3.05, 3.63) is 59.7 Å². The Labute approximate surface area is 153 Å². The van der Waals surface area contributed by atoms with Gasteiger partial charge in [-0.15, -0.1) is 0 Å². The zero-order valence-corrected chi connectivity index (χ0v) is 16.0. The predicted molar refractivity (Wildman–Crippen MR) is 104 cm³/mol. The highest BCUT2D eigenvalue weighted by Gasteiger charge is 2.29. The van der Waals surface area contributed by atoms with E-state index in [1.807, 2.05) is 18.2 Å². The molecule has 0 saturated carbocycles. The fourth-order valence-corrected chi connectivity index (χ4v) is 3.18. The Morgan fingerprint density at radius 1 is 1.04 bits per heavy atom. The van der Waals surface area contributed by atoms with Crippen molar-refractivity contribution in [2.24, 2.45) is 0 Å². The van der Waals surface area contributed by atoms with Crippen molar-refractivity contribution >= 4 is 0 Å². The van der Waals surface area contributed by atoms with E-state index in [0.717, 1.165) is 24.9 Å². The topological polar surface area (TPSA) is 21.7 Å². The fraction of sp³-hybridized carbons (Fsp3) is 0.545. The summed E-state index contributed by atoms with van der Waals surface area (Å²) in [6, 6.07) is 10.2. The Balaban J connectivity index is 1.85. The van der Waals surface area contributed by atoms with Gasteiger partial charge in [0.25, 0.3) is 0 Å². The Hall–Kier alpha value is -1.42. The third-order valence-electron chi connectivity index (χ3n) is 4.67. The average molecular weight is 344 g/mol. The molecule has 1 aromatic carbocycles. The molecule has 0 fully saturated rings. The molecule has 0 aliphatic heterocycles. The van der Waals surface area contributed by atoms with Gasteiger partial charge < -0.3 is 14.4 Å². The number of ether oxygens (including phenoxy) is 2. The van der Waals surface area contributed by atoms with Crippen LogP contribution in [0, 0.1) is 0 Å². The average Bonchev–Trinajstić information content (AvgIpc) is 2.67. The van der Waals surface area contributed by atoms with E-state index in [1.165, 1.54) is 31.5 Å². The SMILES string of the molecule is CCCN(CCC)CCC1=CCC(OC)(OCc2ccccc2)C=C1. The van der Waals surface area contributed by atoms with Crippen molar-refractivity contribution in [3.8, 4) is 0 Å². The van der Waals surface area contributed by atoms with Crippen LogP contribution in [0.1, 0.15) is 45.1 Å². The number of rotatable bonds is 11. The lowest BCUT2D eigenvalue weighted by Crippen LogP contribution is -2.33. The van der Waals surface area contributed by atoms with Gasteiger partial charge in [0.15, 0.2) is 5.79 Å². The minimum absolute atomic E-state index is 0.559. The minimum Gasteiger partial charge on any atom is -0.349 e. The molecule has 0 N–H and O–H groups in total. The summed E-state index contributed by atoms with van der Waals surface area (Å²) in [7, 11) is 1.72. The molecule has 0 saturated heterocycles. The van der Waals surface area contributed by atoms with Crippen LogP contribution in [0.3, 0.4) is 0 Å². The Morgan fingerprint density at radius 3 is 2.32 bits per heavy atom. The highest BCUT2D eigenvalue weighted by molar-refractivity contribution is 5.27. The van der Waals surface area contributed by atoms with Crippen molar-refractivity contribution in [2.45, 2.75) is 51.9 Å². The van der Waals surface area contributed by atoms with Crippen LogP contribution in [0.2, 0.25) is 0 Å². The van der Waals surface area contributed by atoms with Gasteiger partial charge in [0, 0.05) is 20.1 Å². The first kappa shape index (κ1) is 19.9. The summed E-state index contributed by atoms with van der Waals surface area (Å²) < 4.78 is 11.8.